The molecule has 0 aliphatic rings. The predicted octanol–water partition coefficient (Wildman–Crippen LogP) is 6.59. The van der Waals surface area contributed by atoms with E-state index in [-0.39, 0.29) is 0 Å². The van der Waals surface area contributed by atoms with Crippen molar-refractivity contribution in [1.29, 1.82) is 0 Å². The molecule has 2 aromatic rings. The molecule has 2 aromatic carbocycles. The first-order valence-electron chi connectivity index (χ1n) is 11.1. The second kappa shape index (κ2) is 13.8. The van der Waals surface area contributed by atoms with Gasteiger partial charge in [0.15, 0.2) is 0 Å². The zero-order valence-electron chi connectivity index (χ0n) is 18.4. The summed E-state index contributed by atoms with van der Waals surface area (Å²) in [6.07, 6.45) is 6.00. The van der Waals surface area contributed by atoms with Crippen LogP contribution in [0.2, 0.25) is 0 Å². The second-order valence-corrected chi connectivity index (χ2v) is 7.84. The molecule has 0 aromatic heterocycles. The van der Waals surface area contributed by atoms with E-state index in [1.165, 1.54) is 19.3 Å². The van der Waals surface area contributed by atoms with Crippen LogP contribution in [0.3, 0.4) is 0 Å². The molecule has 2 N–H and O–H groups in total. The van der Waals surface area contributed by atoms with E-state index in [4.69, 9.17) is 9.47 Å². The zero-order chi connectivity index (χ0) is 20.7. The van der Waals surface area contributed by atoms with Crippen LogP contribution in [-0.4, -0.2) is 26.3 Å². The van der Waals surface area contributed by atoms with Crippen LogP contribution in [-0.2, 0) is 0 Å². The van der Waals surface area contributed by atoms with E-state index >= 15 is 0 Å². The van der Waals surface area contributed by atoms with Crippen LogP contribution in [0.4, 0.5) is 11.4 Å². The Hall–Kier alpha value is -2.36. The van der Waals surface area contributed by atoms with E-state index in [1.807, 2.05) is 24.3 Å². The molecule has 2 rings (SSSR count). The van der Waals surface area contributed by atoms with Gasteiger partial charge in [0.25, 0.3) is 0 Å². The first kappa shape index (κ1) is 22.9. The number of ether oxygens (including phenoxy) is 2. The molecule has 0 heterocycles. The lowest BCUT2D eigenvalue weighted by molar-refractivity contribution is 0.289. The van der Waals surface area contributed by atoms with Gasteiger partial charge in [0.05, 0.1) is 13.2 Å². The lowest BCUT2D eigenvalue weighted by atomic mass is 10.1. The Morgan fingerprint density at radius 2 is 1.21 bits per heavy atom. The molecule has 0 aliphatic heterocycles. The average Bonchev–Trinajstić information content (AvgIpc) is 2.73. The Kier molecular flexibility index (Phi) is 10.9. The number of hydrogen-bond acceptors (Lipinski definition) is 4. The van der Waals surface area contributed by atoms with E-state index in [0.717, 1.165) is 62.0 Å². The van der Waals surface area contributed by atoms with Crippen molar-refractivity contribution in [2.75, 3.05) is 36.9 Å². The van der Waals surface area contributed by atoms with Gasteiger partial charge in [-0.25, -0.2) is 0 Å². The minimum Gasteiger partial charge on any atom is -0.494 e. The molecule has 0 saturated heterocycles. The van der Waals surface area contributed by atoms with E-state index in [1.54, 1.807) is 0 Å². The van der Waals surface area contributed by atoms with Gasteiger partial charge in [-0.1, -0.05) is 40.0 Å². The molecular weight excluding hydrogens is 360 g/mol. The maximum absolute atomic E-state index is 5.79. The lowest BCUT2D eigenvalue weighted by Gasteiger charge is -2.11. The molecule has 0 radical (unpaired) electrons. The molecule has 4 nitrogen and oxygen atoms in total. The first-order valence-corrected chi connectivity index (χ1v) is 11.1. The van der Waals surface area contributed by atoms with Crippen LogP contribution >= 0.6 is 0 Å². The van der Waals surface area contributed by atoms with Crippen molar-refractivity contribution in [3.8, 4) is 11.5 Å². The fourth-order valence-electron chi connectivity index (χ4n) is 2.88. The average molecular weight is 399 g/mol. The van der Waals surface area contributed by atoms with Crippen molar-refractivity contribution in [3.63, 3.8) is 0 Å². The van der Waals surface area contributed by atoms with E-state index in [9.17, 15) is 0 Å². The summed E-state index contributed by atoms with van der Waals surface area (Å²) in [5.41, 5.74) is 2.22. The SMILES string of the molecule is CCCCCCOc1ccc(NCCNc2ccc(OCCC(C)C)cc2)cc1. The molecule has 0 bridgehead atoms. The summed E-state index contributed by atoms with van der Waals surface area (Å²) in [5, 5.41) is 6.86. The number of benzene rings is 2. The third-order valence-corrected chi connectivity index (χ3v) is 4.72. The summed E-state index contributed by atoms with van der Waals surface area (Å²) in [6.45, 7) is 9.93. The fraction of sp³-hybridized carbons (Fsp3) is 0.520. The highest BCUT2D eigenvalue weighted by Crippen LogP contribution is 2.17. The molecule has 160 valence electrons. The first-order chi connectivity index (χ1) is 14.2. The van der Waals surface area contributed by atoms with Gasteiger partial charge in [0.1, 0.15) is 11.5 Å². The summed E-state index contributed by atoms with van der Waals surface area (Å²) in [6, 6.07) is 16.4. The quantitative estimate of drug-likeness (QED) is 0.332. The van der Waals surface area contributed by atoms with Gasteiger partial charge in [-0.2, -0.15) is 0 Å². The Labute approximate surface area is 177 Å². The topological polar surface area (TPSA) is 42.5 Å². The standard InChI is InChI=1S/C25H38N2O2/c1-4-5-6-7-19-28-24-12-8-22(9-13-24)26-17-18-27-23-10-14-25(15-11-23)29-20-16-21(2)3/h8-15,21,26-27H,4-7,16-20H2,1-3H3. The van der Waals surface area contributed by atoms with Crippen LogP contribution in [0.5, 0.6) is 11.5 Å². The number of unbranched alkanes of at least 4 members (excludes halogenated alkanes) is 3. The van der Waals surface area contributed by atoms with Crippen LogP contribution < -0.4 is 20.1 Å². The largest absolute Gasteiger partial charge is 0.494 e. The third-order valence-electron chi connectivity index (χ3n) is 4.72. The fourth-order valence-corrected chi connectivity index (χ4v) is 2.88. The van der Waals surface area contributed by atoms with E-state index < -0.39 is 0 Å². The summed E-state index contributed by atoms with van der Waals surface area (Å²) in [4.78, 5) is 0. The predicted molar refractivity (Wildman–Crippen MR) is 124 cm³/mol. The van der Waals surface area contributed by atoms with Crippen LogP contribution in [0.25, 0.3) is 0 Å². The Bertz CT molecular complexity index is 654. The van der Waals surface area contributed by atoms with Crippen molar-refractivity contribution >= 4 is 11.4 Å². The summed E-state index contributed by atoms with van der Waals surface area (Å²) in [5.74, 6) is 2.55. The maximum atomic E-state index is 5.79. The minimum atomic E-state index is 0.669. The third kappa shape index (κ3) is 10.1. The zero-order valence-corrected chi connectivity index (χ0v) is 18.4. The highest BCUT2D eigenvalue weighted by atomic mass is 16.5. The highest BCUT2D eigenvalue weighted by molar-refractivity contribution is 5.48. The Balaban J connectivity index is 1.59. The summed E-state index contributed by atoms with van der Waals surface area (Å²) in [7, 11) is 0. The normalized spacial score (nSPS) is 10.8. The summed E-state index contributed by atoms with van der Waals surface area (Å²) < 4.78 is 11.5. The number of hydrogen-bond donors (Lipinski definition) is 2. The van der Waals surface area contributed by atoms with Gasteiger partial charge in [-0.3, -0.25) is 0 Å². The number of rotatable bonds is 15. The van der Waals surface area contributed by atoms with Crippen molar-refractivity contribution in [1.82, 2.24) is 0 Å². The van der Waals surface area contributed by atoms with Crippen LogP contribution in [0.15, 0.2) is 48.5 Å². The highest BCUT2D eigenvalue weighted by Gasteiger charge is 1.99. The van der Waals surface area contributed by atoms with Gasteiger partial charge < -0.3 is 20.1 Å². The smallest absolute Gasteiger partial charge is 0.119 e. The maximum Gasteiger partial charge on any atom is 0.119 e. The molecule has 4 heteroatoms. The van der Waals surface area contributed by atoms with Gasteiger partial charge in [-0.15, -0.1) is 0 Å². The molecule has 0 unspecified atom stereocenters. The number of anilines is 2. The molecule has 0 saturated carbocycles. The van der Waals surface area contributed by atoms with Crippen LogP contribution in [0.1, 0.15) is 52.9 Å². The van der Waals surface area contributed by atoms with Crippen molar-refractivity contribution < 1.29 is 9.47 Å². The minimum absolute atomic E-state index is 0.669. The molecule has 0 aliphatic carbocycles. The van der Waals surface area contributed by atoms with Gasteiger partial charge >= 0.3 is 0 Å². The molecule has 0 fully saturated rings. The molecule has 0 spiro atoms. The second-order valence-electron chi connectivity index (χ2n) is 7.84. The Morgan fingerprint density at radius 3 is 1.69 bits per heavy atom. The van der Waals surface area contributed by atoms with Gasteiger partial charge in [0, 0.05) is 24.5 Å². The molecule has 0 amide bonds. The van der Waals surface area contributed by atoms with Crippen LogP contribution in [0, 0.1) is 5.92 Å². The van der Waals surface area contributed by atoms with Gasteiger partial charge in [0.2, 0.25) is 0 Å². The molecule has 29 heavy (non-hydrogen) atoms. The van der Waals surface area contributed by atoms with Crippen molar-refractivity contribution in [2.45, 2.75) is 52.9 Å². The Morgan fingerprint density at radius 1 is 0.690 bits per heavy atom. The monoisotopic (exact) mass is 398 g/mol. The molecular formula is C25H38N2O2. The lowest BCUT2D eigenvalue weighted by Crippen LogP contribution is -2.13. The van der Waals surface area contributed by atoms with Gasteiger partial charge in [-0.05, 0) is 67.3 Å². The molecule has 0 atom stereocenters. The number of nitrogens with one attached hydrogen (secondary N) is 2. The summed E-state index contributed by atoms with van der Waals surface area (Å²) >= 11 is 0. The van der Waals surface area contributed by atoms with Crippen molar-refractivity contribution in [2.24, 2.45) is 5.92 Å². The van der Waals surface area contributed by atoms with E-state index in [2.05, 4.69) is 55.7 Å². The van der Waals surface area contributed by atoms with Crippen molar-refractivity contribution in [3.05, 3.63) is 48.5 Å². The van der Waals surface area contributed by atoms with E-state index in [0.29, 0.717) is 5.92 Å².